The average Bonchev–Trinajstić information content (AvgIpc) is 3.36. The number of benzene rings is 4. The van der Waals surface area contributed by atoms with Gasteiger partial charge in [0, 0.05) is 0 Å². The Labute approximate surface area is 489 Å². The number of hydrogen-bond acceptors (Lipinski definition) is 6. The number of aryl methyl sites for hydroxylation is 4. The Hall–Kier alpha value is -1.21. The minimum absolute atomic E-state index is 0. The van der Waals surface area contributed by atoms with E-state index >= 15 is 0 Å². The largest absolute Gasteiger partial charge is 2.00 e. The van der Waals surface area contributed by atoms with Crippen molar-refractivity contribution < 1.29 is 25.9 Å². The fourth-order valence-electron chi connectivity index (χ4n) is 10.5. The van der Waals surface area contributed by atoms with Gasteiger partial charge in [0.2, 0.25) is 0 Å². The second-order valence-corrected chi connectivity index (χ2v) is 24.2. The van der Waals surface area contributed by atoms with E-state index < -0.39 is 20.2 Å². The first-order valence-corrected chi connectivity index (χ1v) is 32.8. The molecule has 0 radical (unpaired) electrons. The Kier molecular flexibility index (Phi) is 38.9. The molecule has 0 saturated carbocycles. The summed E-state index contributed by atoms with van der Waals surface area (Å²) in [5.74, 6) is 0. The first-order valence-electron chi connectivity index (χ1n) is 29.9. The van der Waals surface area contributed by atoms with E-state index in [2.05, 4.69) is 52.0 Å². The smallest absolute Gasteiger partial charge is 0.744 e. The maximum absolute atomic E-state index is 11.5. The molecule has 4 rings (SSSR count). The molecule has 0 unspecified atom stereocenters. The minimum Gasteiger partial charge on any atom is -0.744 e. The Bertz CT molecular complexity index is 2100. The summed E-state index contributed by atoms with van der Waals surface area (Å²) in [4.78, 5) is -0.258. The molecular formula is C64H102BaO6S2. The maximum Gasteiger partial charge on any atom is 2.00 e. The summed E-state index contributed by atoms with van der Waals surface area (Å²) < 4.78 is 69.2. The molecule has 0 heterocycles. The van der Waals surface area contributed by atoms with Crippen molar-refractivity contribution in [3.63, 3.8) is 0 Å². The van der Waals surface area contributed by atoms with Crippen LogP contribution in [0.3, 0.4) is 0 Å². The van der Waals surface area contributed by atoms with Crippen LogP contribution in [0.15, 0.2) is 70.5 Å². The van der Waals surface area contributed by atoms with Crippen molar-refractivity contribution in [2.75, 3.05) is 0 Å². The minimum atomic E-state index is -4.43. The molecule has 0 saturated heterocycles. The van der Waals surface area contributed by atoms with Gasteiger partial charge in [0.15, 0.2) is 0 Å². The van der Waals surface area contributed by atoms with Crippen LogP contribution < -0.4 is 0 Å². The number of rotatable bonds is 42. The molecule has 0 aromatic heterocycles. The fraction of sp³-hybridized carbons (Fsp3) is 0.688. The summed E-state index contributed by atoms with van der Waals surface area (Å²) in [5, 5.41) is 3.80. The number of fused-ring (bicyclic) bond motifs is 2. The van der Waals surface area contributed by atoms with Crippen LogP contribution in [0, 0.1) is 0 Å². The first-order chi connectivity index (χ1) is 34.9. The Morgan fingerprint density at radius 3 is 0.671 bits per heavy atom. The van der Waals surface area contributed by atoms with E-state index in [9.17, 15) is 25.9 Å². The van der Waals surface area contributed by atoms with Crippen LogP contribution in [0.2, 0.25) is 0 Å². The van der Waals surface area contributed by atoms with Gasteiger partial charge in [-0.2, -0.15) is 0 Å². The Balaban J connectivity index is 0.000000493. The van der Waals surface area contributed by atoms with Gasteiger partial charge in [-0.25, -0.2) is 16.8 Å². The Morgan fingerprint density at radius 2 is 0.466 bits per heavy atom. The van der Waals surface area contributed by atoms with Crippen molar-refractivity contribution in [2.45, 2.75) is 294 Å². The van der Waals surface area contributed by atoms with Gasteiger partial charge in [-0.15, -0.1) is 0 Å². The van der Waals surface area contributed by atoms with E-state index in [4.69, 9.17) is 0 Å². The van der Waals surface area contributed by atoms with Crippen LogP contribution in [0.25, 0.3) is 21.5 Å². The van der Waals surface area contributed by atoms with Crippen LogP contribution >= 0.6 is 0 Å². The summed E-state index contributed by atoms with van der Waals surface area (Å²) in [6, 6.07) is 18.4. The standard InChI is InChI=1S/2C32H52O3S.Ba/c2*1-3-5-7-9-11-13-15-17-19-21-28-25-30-23-24-32(36(33,34)35)27-31(30)26-29(28)22-20-18-16-14-12-10-8-6-4-2;/h2*23-27H,3-22H2,1-2H3,(H,33,34,35);/q;;+2/p-2. The maximum atomic E-state index is 11.5. The topological polar surface area (TPSA) is 114 Å². The molecule has 0 N–H and O–H groups in total. The van der Waals surface area contributed by atoms with Gasteiger partial charge in [0.25, 0.3) is 0 Å². The second-order valence-electron chi connectivity index (χ2n) is 21.5. The normalized spacial score (nSPS) is 11.8. The molecule has 0 aliphatic heterocycles. The molecule has 9 heteroatoms. The van der Waals surface area contributed by atoms with Crippen LogP contribution in [0.1, 0.15) is 281 Å². The molecule has 6 nitrogen and oxygen atoms in total. The molecule has 4 aromatic rings. The van der Waals surface area contributed by atoms with Gasteiger partial charge in [-0.1, -0.05) is 270 Å². The second kappa shape index (κ2) is 41.8. The Morgan fingerprint density at radius 1 is 0.274 bits per heavy atom. The zero-order valence-corrected chi connectivity index (χ0v) is 53.1. The molecule has 408 valence electrons. The molecule has 0 aliphatic carbocycles. The molecular weight excluding hydrogens is 1070 g/mol. The summed E-state index contributed by atoms with van der Waals surface area (Å²) >= 11 is 0. The zero-order valence-electron chi connectivity index (χ0n) is 47.0. The third kappa shape index (κ3) is 30.5. The van der Waals surface area contributed by atoms with Gasteiger partial charge in [0.1, 0.15) is 20.2 Å². The fourth-order valence-corrected chi connectivity index (χ4v) is 11.5. The van der Waals surface area contributed by atoms with E-state index in [1.807, 2.05) is 0 Å². The molecule has 0 fully saturated rings. The molecule has 0 amide bonds. The van der Waals surface area contributed by atoms with Gasteiger partial charge >= 0.3 is 48.9 Å². The third-order valence-corrected chi connectivity index (χ3v) is 16.7. The summed E-state index contributed by atoms with van der Waals surface area (Å²) in [6.07, 6.45) is 51.7. The van der Waals surface area contributed by atoms with E-state index in [0.29, 0.717) is 0 Å². The number of unbranched alkanes of at least 4 members (excludes halogenated alkanes) is 32. The van der Waals surface area contributed by atoms with Crippen molar-refractivity contribution in [3.8, 4) is 0 Å². The molecule has 0 spiro atoms. The molecule has 0 aliphatic rings. The number of hydrogen-bond donors (Lipinski definition) is 0. The predicted molar refractivity (Wildman–Crippen MR) is 313 cm³/mol. The monoisotopic (exact) mass is 1170 g/mol. The van der Waals surface area contributed by atoms with Gasteiger partial charge in [-0.05, 0) is 119 Å². The van der Waals surface area contributed by atoms with Gasteiger partial charge < -0.3 is 9.11 Å². The van der Waals surface area contributed by atoms with E-state index in [0.717, 1.165) is 47.2 Å². The summed E-state index contributed by atoms with van der Waals surface area (Å²) in [7, 11) is -8.87. The van der Waals surface area contributed by atoms with Crippen molar-refractivity contribution in [3.05, 3.63) is 82.9 Å². The molecule has 0 bridgehead atoms. The summed E-state index contributed by atoms with van der Waals surface area (Å²) in [5.41, 5.74) is 5.49. The van der Waals surface area contributed by atoms with Crippen molar-refractivity contribution in [1.29, 1.82) is 0 Å². The van der Waals surface area contributed by atoms with Gasteiger partial charge in [-0.3, -0.25) is 0 Å². The van der Waals surface area contributed by atoms with Gasteiger partial charge in [0.05, 0.1) is 9.79 Å². The van der Waals surface area contributed by atoms with Crippen LogP contribution in [-0.2, 0) is 45.9 Å². The van der Waals surface area contributed by atoms with Crippen molar-refractivity contribution in [2.24, 2.45) is 0 Å². The van der Waals surface area contributed by atoms with Crippen LogP contribution in [0.4, 0.5) is 0 Å². The zero-order chi connectivity index (χ0) is 52.1. The first kappa shape index (κ1) is 67.9. The predicted octanol–water partition coefficient (Wildman–Crippen LogP) is 19.4. The average molecular weight is 1170 g/mol. The molecule has 4 aromatic carbocycles. The molecule has 73 heavy (non-hydrogen) atoms. The summed E-state index contributed by atoms with van der Waals surface area (Å²) in [6.45, 7) is 9.05. The quantitative estimate of drug-likeness (QED) is 0.0248. The van der Waals surface area contributed by atoms with Crippen molar-refractivity contribution >= 4 is 90.7 Å². The van der Waals surface area contributed by atoms with E-state index in [-0.39, 0.29) is 58.7 Å². The van der Waals surface area contributed by atoms with Crippen LogP contribution in [0.5, 0.6) is 0 Å². The van der Waals surface area contributed by atoms with Crippen molar-refractivity contribution in [1.82, 2.24) is 0 Å². The van der Waals surface area contributed by atoms with E-state index in [1.54, 1.807) is 24.3 Å². The molecule has 0 atom stereocenters. The SMILES string of the molecule is CCCCCCCCCCCc1cc2ccc(S(=O)(=O)[O-])cc2cc1CCCCCCCCCCC.CCCCCCCCCCCc1cc2ccc(S(=O)(=O)[O-])cc2cc1CCCCCCCCCCC.[Ba+2]. The third-order valence-electron chi connectivity index (χ3n) is 15.0. The van der Waals surface area contributed by atoms with Crippen LogP contribution in [-0.4, -0.2) is 74.8 Å². The van der Waals surface area contributed by atoms with E-state index in [1.165, 1.54) is 266 Å².